The lowest BCUT2D eigenvalue weighted by molar-refractivity contribution is 0.102. The average molecular weight is 511 g/mol. The Kier molecular flexibility index (Phi) is 6.15. The number of benzene rings is 1. The van der Waals surface area contributed by atoms with Crippen molar-refractivity contribution in [2.45, 2.75) is 30.7 Å². The molecule has 4 aromatic rings. The number of ketones is 1. The number of thioether (sulfide) groups is 1. The first-order valence-corrected chi connectivity index (χ1v) is 13.7. The van der Waals surface area contributed by atoms with Gasteiger partial charge in [0.05, 0.1) is 29.2 Å². The van der Waals surface area contributed by atoms with Crippen LogP contribution < -0.4 is 4.90 Å². The van der Waals surface area contributed by atoms with Crippen LogP contribution in [0.4, 0.5) is 5.82 Å². The van der Waals surface area contributed by atoms with Crippen LogP contribution in [-0.4, -0.2) is 52.8 Å². The highest BCUT2D eigenvalue weighted by Crippen LogP contribution is 2.43. The molecular weight excluding hydrogens is 488 g/mol. The molecule has 34 heavy (non-hydrogen) atoms. The molecule has 0 unspecified atom stereocenters. The van der Waals surface area contributed by atoms with Crippen LogP contribution in [0.15, 0.2) is 35.6 Å². The van der Waals surface area contributed by atoms with Crippen LogP contribution in [0.1, 0.15) is 34.3 Å². The molecule has 2 aliphatic rings. The molecule has 0 saturated carbocycles. The summed E-state index contributed by atoms with van der Waals surface area (Å²) in [6.45, 7) is 3.25. The maximum Gasteiger partial charge on any atom is 0.173 e. The second kappa shape index (κ2) is 9.41. The highest BCUT2D eigenvalue weighted by Gasteiger charge is 2.26. The summed E-state index contributed by atoms with van der Waals surface area (Å²) in [5.74, 6) is 1.49. The Morgan fingerprint density at radius 2 is 1.85 bits per heavy atom. The van der Waals surface area contributed by atoms with Crippen LogP contribution in [0.2, 0.25) is 5.02 Å². The summed E-state index contributed by atoms with van der Waals surface area (Å²) in [5, 5.41) is 2.65. The van der Waals surface area contributed by atoms with Gasteiger partial charge in [0, 0.05) is 29.1 Å². The van der Waals surface area contributed by atoms with E-state index >= 15 is 0 Å². The lowest BCUT2D eigenvalue weighted by atomic mass is 9.90. The number of fused-ring (bicyclic) bond motifs is 5. The first kappa shape index (κ1) is 22.2. The van der Waals surface area contributed by atoms with E-state index in [2.05, 4.69) is 14.9 Å². The minimum Gasteiger partial charge on any atom is -0.378 e. The Morgan fingerprint density at radius 1 is 1.09 bits per heavy atom. The molecule has 4 heterocycles. The summed E-state index contributed by atoms with van der Waals surface area (Å²) in [6, 6.07) is 7.03. The van der Waals surface area contributed by atoms with Crippen LogP contribution >= 0.6 is 34.7 Å². The molecule has 1 aliphatic carbocycles. The van der Waals surface area contributed by atoms with Gasteiger partial charge in [-0.15, -0.1) is 11.3 Å². The largest absolute Gasteiger partial charge is 0.378 e. The fraction of sp³-hybridized carbons (Fsp3) is 0.360. The molecule has 0 radical (unpaired) electrons. The van der Waals surface area contributed by atoms with Gasteiger partial charge in [0.25, 0.3) is 0 Å². The molecular formula is C25H23ClN4O2S2. The summed E-state index contributed by atoms with van der Waals surface area (Å²) >= 11 is 9.07. The number of anilines is 1. The summed E-state index contributed by atoms with van der Waals surface area (Å²) in [7, 11) is 0. The van der Waals surface area contributed by atoms with E-state index in [4.69, 9.17) is 21.3 Å². The molecule has 6 rings (SSSR count). The Morgan fingerprint density at radius 3 is 2.65 bits per heavy atom. The molecule has 0 spiro atoms. The number of carbonyl (C=O) groups is 1. The smallest absolute Gasteiger partial charge is 0.173 e. The lowest BCUT2D eigenvalue weighted by Gasteiger charge is -2.31. The normalized spacial score (nSPS) is 16.2. The zero-order valence-electron chi connectivity index (χ0n) is 18.6. The number of Topliss-reactive ketones (excluding diaryl/α,β-unsaturated/α-hetero) is 1. The monoisotopic (exact) mass is 510 g/mol. The molecule has 3 aromatic heterocycles. The number of pyridine rings is 1. The van der Waals surface area contributed by atoms with Gasteiger partial charge in [0.1, 0.15) is 22.0 Å². The second-order valence-electron chi connectivity index (χ2n) is 8.56. The van der Waals surface area contributed by atoms with E-state index in [1.54, 1.807) is 41.9 Å². The van der Waals surface area contributed by atoms with Gasteiger partial charge >= 0.3 is 0 Å². The van der Waals surface area contributed by atoms with Crippen LogP contribution in [0, 0.1) is 0 Å². The SMILES string of the molecule is O=C(CSc1ncnc2c1sc1nc(N3CCOCC3)c3c(c12)CCCC3)c1ccc(Cl)cc1. The fourth-order valence-electron chi connectivity index (χ4n) is 4.81. The highest BCUT2D eigenvalue weighted by molar-refractivity contribution is 8.00. The number of aryl methyl sites for hydroxylation is 1. The standard InChI is InChI=1S/C25H23ClN4O2S2/c26-16-7-5-15(6-8-16)19(31)13-33-25-22-21(27-14-28-25)20-17-3-1-2-4-18(17)23(29-24(20)34-22)30-9-11-32-12-10-30/h5-8,14H,1-4,9-13H2. The Balaban J connectivity index is 1.39. The molecule has 0 N–H and O–H groups in total. The van der Waals surface area contributed by atoms with Gasteiger partial charge in [-0.25, -0.2) is 15.0 Å². The van der Waals surface area contributed by atoms with Gasteiger partial charge in [-0.3, -0.25) is 4.79 Å². The number of rotatable bonds is 5. The zero-order chi connectivity index (χ0) is 23.1. The van der Waals surface area contributed by atoms with Gasteiger partial charge in [0.2, 0.25) is 0 Å². The number of hydrogen-bond acceptors (Lipinski definition) is 8. The van der Waals surface area contributed by atoms with Gasteiger partial charge in [0.15, 0.2) is 5.78 Å². The number of carbonyl (C=O) groups excluding carboxylic acids is 1. The lowest BCUT2D eigenvalue weighted by Crippen LogP contribution is -2.37. The van der Waals surface area contributed by atoms with Crippen LogP contribution in [-0.2, 0) is 17.6 Å². The van der Waals surface area contributed by atoms with Gasteiger partial charge in [-0.2, -0.15) is 0 Å². The number of halogens is 1. The predicted octanol–water partition coefficient (Wildman–Crippen LogP) is 5.58. The molecule has 1 aliphatic heterocycles. The van der Waals surface area contributed by atoms with Crippen molar-refractivity contribution in [2.24, 2.45) is 0 Å². The quantitative estimate of drug-likeness (QED) is 0.197. The Bertz CT molecular complexity index is 1380. The van der Waals surface area contributed by atoms with Crippen molar-refractivity contribution in [1.82, 2.24) is 15.0 Å². The topological polar surface area (TPSA) is 68.2 Å². The van der Waals surface area contributed by atoms with E-state index < -0.39 is 0 Å². The number of aromatic nitrogens is 3. The number of morpholine rings is 1. The molecule has 1 fully saturated rings. The van der Waals surface area contributed by atoms with Crippen molar-refractivity contribution in [3.05, 3.63) is 52.3 Å². The van der Waals surface area contributed by atoms with Crippen molar-refractivity contribution < 1.29 is 9.53 Å². The third-order valence-corrected chi connectivity index (χ3v) is 8.93. The maximum atomic E-state index is 12.7. The van der Waals surface area contributed by atoms with Gasteiger partial charge < -0.3 is 9.64 Å². The van der Waals surface area contributed by atoms with Crippen molar-refractivity contribution in [2.75, 3.05) is 37.0 Å². The van der Waals surface area contributed by atoms with Gasteiger partial charge in [-0.1, -0.05) is 23.4 Å². The summed E-state index contributed by atoms with van der Waals surface area (Å²) < 4.78 is 6.60. The Labute approximate surface area is 210 Å². The van der Waals surface area contributed by atoms with E-state index in [9.17, 15) is 4.79 Å². The molecule has 1 aromatic carbocycles. The number of thiophene rings is 1. The molecule has 9 heteroatoms. The number of hydrogen-bond donors (Lipinski definition) is 0. The van der Waals surface area contributed by atoms with Crippen LogP contribution in [0.3, 0.4) is 0 Å². The van der Waals surface area contributed by atoms with Crippen molar-refractivity contribution >= 4 is 66.7 Å². The maximum absolute atomic E-state index is 12.7. The van der Waals surface area contributed by atoms with Crippen LogP contribution in [0.5, 0.6) is 0 Å². The summed E-state index contributed by atoms with van der Waals surface area (Å²) in [5.41, 5.74) is 4.40. The minimum atomic E-state index is 0.0552. The first-order chi connectivity index (χ1) is 16.7. The number of ether oxygens (including phenoxy) is 1. The van der Waals surface area contributed by atoms with Crippen LogP contribution in [0.25, 0.3) is 20.4 Å². The van der Waals surface area contributed by atoms with Crippen molar-refractivity contribution in [3.63, 3.8) is 0 Å². The minimum absolute atomic E-state index is 0.0552. The summed E-state index contributed by atoms with van der Waals surface area (Å²) in [6.07, 6.45) is 6.12. The third kappa shape index (κ3) is 4.06. The molecule has 6 nitrogen and oxygen atoms in total. The zero-order valence-corrected chi connectivity index (χ0v) is 20.9. The average Bonchev–Trinajstić information content (AvgIpc) is 3.27. The molecule has 174 valence electrons. The molecule has 1 saturated heterocycles. The third-order valence-electron chi connectivity index (χ3n) is 6.48. The van der Waals surface area contributed by atoms with Crippen molar-refractivity contribution in [1.29, 1.82) is 0 Å². The summed E-state index contributed by atoms with van der Waals surface area (Å²) in [4.78, 5) is 30.5. The first-order valence-electron chi connectivity index (χ1n) is 11.5. The highest BCUT2D eigenvalue weighted by atomic mass is 35.5. The van der Waals surface area contributed by atoms with Gasteiger partial charge in [-0.05, 0) is 61.1 Å². The molecule has 0 atom stereocenters. The van der Waals surface area contributed by atoms with E-state index in [0.717, 1.165) is 65.0 Å². The van der Waals surface area contributed by atoms with E-state index in [1.165, 1.54) is 41.1 Å². The Hall–Kier alpha value is -2.26. The van der Waals surface area contributed by atoms with E-state index in [1.807, 2.05) is 0 Å². The number of nitrogens with zero attached hydrogens (tertiary/aromatic N) is 4. The second-order valence-corrected chi connectivity index (χ2v) is 11.0. The van der Waals surface area contributed by atoms with E-state index in [0.29, 0.717) is 16.3 Å². The molecule has 0 amide bonds. The molecule has 0 bridgehead atoms. The van der Waals surface area contributed by atoms with E-state index in [-0.39, 0.29) is 5.78 Å². The predicted molar refractivity (Wildman–Crippen MR) is 139 cm³/mol. The van der Waals surface area contributed by atoms with Crippen molar-refractivity contribution in [3.8, 4) is 0 Å². The fourth-order valence-corrected chi connectivity index (χ4v) is 7.06.